The minimum atomic E-state index is -0.307. The van der Waals surface area contributed by atoms with Crippen LogP contribution in [0.1, 0.15) is 30.1 Å². The van der Waals surface area contributed by atoms with Crippen LogP contribution in [0.2, 0.25) is 5.02 Å². The highest BCUT2D eigenvalue weighted by Gasteiger charge is 2.33. The van der Waals surface area contributed by atoms with E-state index in [0.717, 1.165) is 35.2 Å². The van der Waals surface area contributed by atoms with Crippen molar-refractivity contribution in [1.29, 1.82) is 0 Å². The van der Waals surface area contributed by atoms with Crippen molar-refractivity contribution in [3.8, 4) is 11.1 Å². The van der Waals surface area contributed by atoms with Crippen LogP contribution in [-0.2, 0) is 11.2 Å². The normalized spacial score (nSPS) is 15.9. The summed E-state index contributed by atoms with van der Waals surface area (Å²) in [6.07, 6.45) is 3.77. The van der Waals surface area contributed by atoms with E-state index in [4.69, 9.17) is 16.6 Å². The van der Waals surface area contributed by atoms with Gasteiger partial charge in [-0.2, -0.15) is 0 Å². The monoisotopic (exact) mass is 438 g/mol. The van der Waals surface area contributed by atoms with Gasteiger partial charge in [0.2, 0.25) is 11.9 Å². The zero-order valence-electron chi connectivity index (χ0n) is 17.6. The summed E-state index contributed by atoms with van der Waals surface area (Å²) in [4.78, 5) is 26.2. The molecule has 2 aromatic carbocycles. The molecule has 0 bridgehead atoms. The Bertz CT molecular complexity index is 1090. The molecule has 1 aromatic heterocycles. The highest BCUT2D eigenvalue weighted by atomic mass is 35.5. The van der Waals surface area contributed by atoms with Gasteiger partial charge in [0.15, 0.2) is 0 Å². The number of nitrogens with zero attached hydrogens (tertiary/aromatic N) is 4. The van der Waals surface area contributed by atoms with Crippen LogP contribution in [0.25, 0.3) is 11.1 Å². The van der Waals surface area contributed by atoms with Crippen molar-refractivity contribution >= 4 is 23.5 Å². The van der Waals surface area contributed by atoms with E-state index >= 15 is 0 Å². The van der Waals surface area contributed by atoms with E-state index < -0.39 is 0 Å². The maximum Gasteiger partial charge on any atom is 0.227 e. The number of carbonyl (C=O) groups is 1. The van der Waals surface area contributed by atoms with Gasteiger partial charge < -0.3 is 9.80 Å². The minimum absolute atomic E-state index is 0.0103. The molecule has 0 aliphatic carbocycles. The van der Waals surface area contributed by atoms with E-state index in [9.17, 15) is 9.18 Å². The number of rotatable bonds is 5. The summed E-state index contributed by atoms with van der Waals surface area (Å²) in [6, 6.07) is 13.5. The van der Waals surface area contributed by atoms with Crippen molar-refractivity contribution in [3.63, 3.8) is 0 Å². The molecule has 160 valence electrons. The Balaban J connectivity index is 1.69. The predicted octanol–water partition coefficient (Wildman–Crippen LogP) is 4.91. The molecular weight excluding hydrogens is 415 g/mol. The molecule has 1 atom stereocenters. The molecule has 4 rings (SSSR count). The predicted molar refractivity (Wildman–Crippen MR) is 121 cm³/mol. The van der Waals surface area contributed by atoms with E-state index in [1.54, 1.807) is 12.1 Å². The fraction of sp³-hybridized carbons (Fsp3) is 0.292. The van der Waals surface area contributed by atoms with Gasteiger partial charge in [0, 0.05) is 37.4 Å². The van der Waals surface area contributed by atoms with Gasteiger partial charge in [-0.05, 0) is 48.2 Å². The van der Waals surface area contributed by atoms with Gasteiger partial charge in [-0.3, -0.25) is 4.79 Å². The minimum Gasteiger partial charge on any atom is -0.347 e. The Morgan fingerprint density at radius 3 is 2.71 bits per heavy atom. The Morgan fingerprint density at radius 2 is 2.00 bits per heavy atom. The standard InChI is InChI=1S/C24H24ClFN4O/c1-29(2)24-27-15-20(17-5-3-6-18(25)14-17)23(28-24)21-7-4-12-30(21)22(31)13-16-8-10-19(26)11-9-16/h3,5-6,8-11,14-15,21H,4,7,12-13H2,1-2H3/t21-/m0/s1. The Hall–Kier alpha value is -2.99. The van der Waals surface area contributed by atoms with Crippen LogP contribution in [0.4, 0.5) is 10.3 Å². The molecule has 3 aromatic rings. The molecule has 2 heterocycles. The molecule has 0 N–H and O–H groups in total. The number of amides is 1. The van der Waals surface area contributed by atoms with E-state index in [0.29, 0.717) is 17.5 Å². The SMILES string of the molecule is CN(C)c1ncc(-c2cccc(Cl)c2)c([C@@H]2CCCN2C(=O)Cc2ccc(F)cc2)n1. The van der Waals surface area contributed by atoms with Crippen LogP contribution in [0.15, 0.2) is 54.7 Å². The highest BCUT2D eigenvalue weighted by Crippen LogP contribution is 2.38. The number of aromatic nitrogens is 2. The van der Waals surface area contributed by atoms with Crippen molar-refractivity contribution in [1.82, 2.24) is 14.9 Å². The fourth-order valence-corrected chi connectivity index (χ4v) is 4.15. The number of anilines is 1. The number of halogens is 2. The summed E-state index contributed by atoms with van der Waals surface area (Å²) < 4.78 is 13.2. The average Bonchev–Trinajstić information content (AvgIpc) is 3.25. The quantitative estimate of drug-likeness (QED) is 0.568. The van der Waals surface area contributed by atoms with Gasteiger partial charge >= 0.3 is 0 Å². The van der Waals surface area contributed by atoms with Crippen molar-refractivity contribution < 1.29 is 9.18 Å². The molecule has 1 amide bonds. The molecule has 1 saturated heterocycles. The molecule has 0 radical (unpaired) electrons. The van der Waals surface area contributed by atoms with Crippen molar-refractivity contribution in [2.45, 2.75) is 25.3 Å². The summed E-state index contributed by atoms with van der Waals surface area (Å²) in [6.45, 7) is 0.668. The lowest BCUT2D eigenvalue weighted by molar-refractivity contribution is -0.131. The molecule has 5 nitrogen and oxygen atoms in total. The third-order valence-corrected chi connectivity index (χ3v) is 5.73. The number of hydrogen-bond donors (Lipinski definition) is 0. The molecule has 1 aliphatic rings. The van der Waals surface area contributed by atoms with Gasteiger partial charge in [-0.25, -0.2) is 14.4 Å². The van der Waals surface area contributed by atoms with Crippen LogP contribution in [0.3, 0.4) is 0 Å². The summed E-state index contributed by atoms with van der Waals surface area (Å²) in [5.74, 6) is 0.299. The van der Waals surface area contributed by atoms with Gasteiger partial charge in [0.25, 0.3) is 0 Å². The van der Waals surface area contributed by atoms with E-state index in [1.807, 2.05) is 54.4 Å². The number of benzene rings is 2. The second kappa shape index (κ2) is 9.02. The Labute approximate surface area is 186 Å². The zero-order valence-corrected chi connectivity index (χ0v) is 18.3. The van der Waals surface area contributed by atoms with Crippen LogP contribution in [0, 0.1) is 5.82 Å². The second-order valence-corrected chi connectivity index (χ2v) is 8.36. The fourth-order valence-electron chi connectivity index (χ4n) is 3.96. The van der Waals surface area contributed by atoms with E-state index in [1.165, 1.54) is 12.1 Å². The smallest absolute Gasteiger partial charge is 0.227 e. The van der Waals surface area contributed by atoms with Crippen molar-refractivity contribution in [3.05, 3.63) is 76.8 Å². The molecule has 1 aliphatic heterocycles. The first-order valence-corrected chi connectivity index (χ1v) is 10.6. The molecule has 0 unspecified atom stereocenters. The molecular formula is C24H24ClFN4O. The molecule has 1 fully saturated rings. The second-order valence-electron chi connectivity index (χ2n) is 7.92. The summed E-state index contributed by atoms with van der Waals surface area (Å²) in [7, 11) is 3.79. The number of likely N-dealkylation sites (tertiary alicyclic amines) is 1. The van der Waals surface area contributed by atoms with Crippen LogP contribution in [-0.4, -0.2) is 41.4 Å². The number of hydrogen-bond acceptors (Lipinski definition) is 4. The lowest BCUT2D eigenvalue weighted by atomic mass is 9.99. The first-order valence-electron chi connectivity index (χ1n) is 10.3. The van der Waals surface area contributed by atoms with Gasteiger partial charge in [-0.1, -0.05) is 35.9 Å². The van der Waals surface area contributed by atoms with Crippen LogP contribution >= 0.6 is 11.6 Å². The summed E-state index contributed by atoms with van der Waals surface area (Å²) >= 11 is 6.23. The summed E-state index contributed by atoms with van der Waals surface area (Å²) in [5.41, 5.74) is 3.42. The lowest BCUT2D eigenvalue weighted by Gasteiger charge is -2.27. The first-order chi connectivity index (χ1) is 14.9. The van der Waals surface area contributed by atoms with Gasteiger partial charge in [-0.15, -0.1) is 0 Å². The van der Waals surface area contributed by atoms with Gasteiger partial charge in [0.1, 0.15) is 5.82 Å². The third kappa shape index (κ3) is 4.69. The van der Waals surface area contributed by atoms with Crippen LogP contribution < -0.4 is 4.90 Å². The molecule has 0 spiro atoms. The zero-order chi connectivity index (χ0) is 22.0. The van der Waals surface area contributed by atoms with E-state index in [2.05, 4.69) is 4.98 Å². The van der Waals surface area contributed by atoms with Crippen LogP contribution in [0.5, 0.6) is 0 Å². The van der Waals surface area contributed by atoms with Crippen molar-refractivity contribution in [2.75, 3.05) is 25.5 Å². The highest BCUT2D eigenvalue weighted by molar-refractivity contribution is 6.30. The van der Waals surface area contributed by atoms with Crippen molar-refractivity contribution in [2.24, 2.45) is 0 Å². The largest absolute Gasteiger partial charge is 0.347 e. The molecule has 31 heavy (non-hydrogen) atoms. The molecule has 0 saturated carbocycles. The number of carbonyl (C=O) groups excluding carboxylic acids is 1. The van der Waals surface area contributed by atoms with Gasteiger partial charge in [0.05, 0.1) is 18.2 Å². The maximum absolute atomic E-state index is 13.2. The Kier molecular flexibility index (Phi) is 6.18. The summed E-state index contributed by atoms with van der Waals surface area (Å²) in [5, 5.41) is 0.635. The third-order valence-electron chi connectivity index (χ3n) is 5.50. The molecule has 7 heteroatoms. The Morgan fingerprint density at radius 1 is 1.23 bits per heavy atom. The topological polar surface area (TPSA) is 49.3 Å². The maximum atomic E-state index is 13.2. The lowest BCUT2D eigenvalue weighted by Crippen LogP contribution is -2.32. The van der Waals surface area contributed by atoms with E-state index in [-0.39, 0.29) is 24.2 Å². The average molecular weight is 439 g/mol. The first kappa shape index (κ1) is 21.2.